The van der Waals surface area contributed by atoms with Gasteiger partial charge in [0.25, 0.3) is 0 Å². The molecule has 58 heavy (non-hydrogen) atoms. The minimum Gasteiger partial charge on any atom is -0.477 e. The molecule has 1 aliphatic rings. The molecule has 6 heterocycles. The van der Waals surface area contributed by atoms with Crippen LogP contribution >= 0.6 is 0 Å². The number of aromatic carboxylic acids is 2. The molecule has 0 unspecified atom stereocenters. The fourth-order valence-electron chi connectivity index (χ4n) is 5.74. The molecule has 7 rings (SSSR count). The molecule has 1 aliphatic carbocycles. The Kier molecular flexibility index (Phi) is 21.4. The van der Waals surface area contributed by atoms with E-state index in [0.717, 1.165) is 24.1 Å². The first-order chi connectivity index (χ1) is 26.9. The first-order valence-electron chi connectivity index (χ1n) is 17.6. The van der Waals surface area contributed by atoms with E-state index in [2.05, 4.69) is 49.0 Å². The summed E-state index contributed by atoms with van der Waals surface area (Å²) in [5, 5.41) is 16.6. The number of carboxylic acids is 2. The zero-order valence-corrected chi connectivity index (χ0v) is 35.8. The minimum absolute atomic E-state index is 0. The number of aromatic nitrogens is 6. The third-order valence-corrected chi connectivity index (χ3v) is 8.45. The van der Waals surface area contributed by atoms with Crippen molar-refractivity contribution in [2.75, 3.05) is 0 Å². The summed E-state index contributed by atoms with van der Waals surface area (Å²) in [4.78, 5) is 41.8. The number of rotatable bonds is 6. The van der Waals surface area contributed by atoms with E-state index in [9.17, 15) is 27.2 Å². The average molecular weight is 1150 g/mol. The molecule has 2 radical (unpaired) electrons. The number of carboxylic acid groups (broad SMARTS) is 2. The second kappa shape index (κ2) is 25.3. The average Bonchev–Trinajstić information content (AvgIpc) is 3.18. The molecule has 0 saturated heterocycles. The molecule has 1 fully saturated rings. The predicted molar refractivity (Wildman–Crippen MR) is 199 cm³/mol. The number of halogens is 4. The van der Waals surface area contributed by atoms with Crippen molar-refractivity contribution < 1.29 is 77.6 Å². The summed E-state index contributed by atoms with van der Waals surface area (Å²) in [6.07, 6.45) is 16.1. The summed E-state index contributed by atoms with van der Waals surface area (Å²) in [5.74, 6) is -5.50. The van der Waals surface area contributed by atoms with E-state index < -0.39 is 35.7 Å². The van der Waals surface area contributed by atoms with Crippen molar-refractivity contribution in [3.63, 3.8) is 0 Å². The maximum atomic E-state index is 13.9. The molecular weight excluding hydrogens is 1110 g/mol. The normalized spacial score (nSPS) is 12.6. The Balaban J connectivity index is 0.000000290. The Morgan fingerprint density at radius 2 is 1.07 bits per heavy atom. The second-order valence-electron chi connectivity index (χ2n) is 12.8. The maximum Gasteiger partial charge on any atom is 0.354 e. The Morgan fingerprint density at radius 3 is 1.48 bits per heavy atom. The molecule has 0 atom stereocenters. The van der Waals surface area contributed by atoms with Gasteiger partial charge in [-0.05, 0) is 72.5 Å². The summed E-state index contributed by atoms with van der Waals surface area (Å²) < 4.78 is 52.4. The van der Waals surface area contributed by atoms with Crippen molar-refractivity contribution in [2.24, 2.45) is 5.41 Å². The molecule has 10 nitrogen and oxygen atoms in total. The van der Waals surface area contributed by atoms with E-state index in [1.807, 2.05) is 12.1 Å². The Labute approximate surface area is 360 Å². The van der Waals surface area contributed by atoms with Crippen LogP contribution < -0.4 is 0 Å². The van der Waals surface area contributed by atoms with Gasteiger partial charge in [0.15, 0.2) is 0 Å². The van der Waals surface area contributed by atoms with Gasteiger partial charge in [0.2, 0.25) is 0 Å². The fraction of sp³-hybridized carbons (Fsp3) is 0.238. The number of nitrogens with zero attached hydrogens (tertiary/aromatic N) is 6. The van der Waals surface area contributed by atoms with Crippen LogP contribution in [-0.2, 0) is 46.6 Å². The molecule has 0 amide bonds. The van der Waals surface area contributed by atoms with Gasteiger partial charge in [0.1, 0.15) is 35.2 Å². The molecule has 1 saturated carbocycles. The van der Waals surface area contributed by atoms with E-state index in [4.69, 9.17) is 10.2 Å². The van der Waals surface area contributed by atoms with Crippen LogP contribution in [0.4, 0.5) is 17.6 Å². The third kappa shape index (κ3) is 16.4. The van der Waals surface area contributed by atoms with Gasteiger partial charge in [0.05, 0.1) is 0 Å². The topological polar surface area (TPSA) is 152 Å². The van der Waals surface area contributed by atoms with Crippen molar-refractivity contribution in [1.29, 1.82) is 0 Å². The molecule has 0 aromatic carbocycles. The zero-order valence-electron chi connectivity index (χ0n) is 31.0. The van der Waals surface area contributed by atoms with Crippen LogP contribution in [0.25, 0.3) is 22.5 Å². The molecule has 2 N–H and O–H groups in total. The molecule has 0 spiro atoms. The summed E-state index contributed by atoms with van der Waals surface area (Å²) in [7, 11) is 0. The first kappa shape index (κ1) is 49.0. The minimum atomic E-state index is -0.990. The van der Waals surface area contributed by atoms with E-state index in [0.29, 0.717) is 11.4 Å². The van der Waals surface area contributed by atoms with Gasteiger partial charge < -0.3 is 20.2 Å². The Hall–Kier alpha value is -5.14. The van der Waals surface area contributed by atoms with E-state index in [-0.39, 0.29) is 68.1 Å². The number of carbonyl (C=O) groups is 2. The van der Waals surface area contributed by atoms with Crippen LogP contribution in [-0.4, -0.2) is 52.1 Å². The van der Waals surface area contributed by atoms with Gasteiger partial charge in [-0.15, -0.1) is 12.1 Å². The SMILES string of the molecule is CC1(Cc2ccnc(-c3[c-]cc(F)nc3F)c2)CCCCCCC1.Fc1c[c-]c(-c2ccccn2)c(F)n1.O=C(O)c1ccccn1.O=C(O)c1ccccn1.[Ir].[Ir]. The molecule has 308 valence electrons. The molecule has 6 aromatic heterocycles. The van der Waals surface area contributed by atoms with Gasteiger partial charge >= 0.3 is 11.9 Å². The van der Waals surface area contributed by atoms with Gasteiger partial charge in [-0.25, -0.2) is 37.1 Å². The molecule has 16 heteroatoms. The van der Waals surface area contributed by atoms with Crippen molar-refractivity contribution in [2.45, 2.75) is 58.3 Å². The van der Waals surface area contributed by atoms with Gasteiger partial charge in [-0.2, -0.15) is 0 Å². The summed E-state index contributed by atoms with van der Waals surface area (Å²) >= 11 is 0. The maximum absolute atomic E-state index is 13.9. The van der Waals surface area contributed by atoms with Gasteiger partial charge in [-0.1, -0.05) is 98.2 Å². The van der Waals surface area contributed by atoms with Crippen LogP contribution in [0.5, 0.6) is 0 Å². The quantitative estimate of drug-likeness (QED) is 0.0938. The van der Waals surface area contributed by atoms with Crippen molar-refractivity contribution in [3.05, 3.63) is 157 Å². The van der Waals surface area contributed by atoms with Crippen LogP contribution in [0, 0.1) is 41.3 Å². The van der Waals surface area contributed by atoms with Gasteiger partial charge in [-0.3, -0.25) is 9.97 Å². The zero-order chi connectivity index (χ0) is 40.3. The molecule has 0 aliphatic heterocycles. The van der Waals surface area contributed by atoms with Crippen LogP contribution in [0.1, 0.15) is 78.4 Å². The van der Waals surface area contributed by atoms with E-state index in [1.54, 1.807) is 48.7 Å². The van der Waals surface area contributed by atoms with Crippen LogP contribution in [0.2, 0.25) is 0 Å². The largest absolute Gasteiger partial charge is 0.477 e. The van der Waals surface area contributed by atoms with Crippen molar-refractivity contribution in [1.82, 2.24) is 29.9 Å². The summed E-state index contributed by atoms with van der Waals surface area (Å²) in [6.45, 7) is 2.35. The predicted octanol–water partition coefficient (Wildman–Crippen LogP) is 9.29. The molecule has 6 aromatic rings. The first-order valence-corrected chi connectivity index (χ1v) is 17.6. The summed E-state index contributed by atoms with van der Waals surface area (Å²) in [5.41, 5.74) is 2.63. The van der Waals surface area contributed by atoms with E-state index in [1.165, 1.54) is 75.7 Å². The van der Waals surface area contributed by atoms with Gasteiger partial charge in [0, 0.05) is 65.0 Å². The fourth-order valence-corrected chi connectivity index (χ4v) is 5.74. The monoisotopic (exact) mass is 1150 g/mol. The summed E-state index contributed by atoms with van der Waals surface area (Å²) in [6, 6.07) is 25.5. The van der Waals surface area contributed by atoms with Crippen LogP contribution in [0.3, 0.4) is 0 Å². The number of pyridine rings is 6. The molecule has 0 bridgehead atoms. The molecular formula is C42H38F4Ir2N6O4-2. The van der Waals surface area contributed by atoms with E-state index >= 15 is 0 Å². The number of hydrogen-bond acceptors (Lipinski definition) is 8. The Bertz CT molecular complexity index is 2100. The van der Waals surface area contributed by atoms with Crippen molar-refractivity contribution in [3.8, 4) is 22.5 Å². The second-order valence-corrected chi connectivity index (χ2v) is 12.8. The van der Waals surface area contributed by atoms with Crippen LogP contribution in [0.15, 0.2) is 104 Å². The van der Waals surface area contributed by atoms with Crippen molar-refractivity contribution >= 4 is 11.9 Å². The smallest absolute Gasteiger partial charge is 0.354 e. The Morgan fingerprint density at radius 1 is 0.621 bits per heavy atom. The standard InChI is InChI=1S/C20H23F2N2.C10H5F2N2.2C6H5NO2.2Ir/c1-20(10-5-3-2-4-6-11-20)14-15-9-12-23-17(13-15)16-7-8-18(21)24-19(16)22;11-9-5-4-7(10(12)14-9)8-3-1-2-6-13-8;2*8-6(9)5-3-1-2-4-7-5;;/h8-9,12-13H,2-6,10-11,14H2,1H3;1-3,5-6H;2*1-4H,(H,8,9);;/q2*-1;;;;. The third-order valence-electron chi connectivity index (χ3n) is 8.45. The number of hydrogen-bond donors (Lipinski definition) is 2.